The Balaban J connectivity index is 1.21. The Morgan fingerprint density at radius 2 is 1.70 bits per heavy atom. The molecule has 3 heterocycles. The van der Waals surface area contributed by atoms with Gasteiger partial charge in [0.05, 0.1) is 17.4 Å². The quantitative estimate of drug-likeness (QED) is 0.598. The molecule has 6 heteroatoms. The Kier molecular flexibility index (Phi) is 4.64. The molecule has 33 heavy (non-hydrogen) atoms. The molecule has 1 aliphatic carbocycles. The lowest BCUT2D eigenvalue weighted by molar-refractivity contribution is 0.0337. The van der Waals surface area contributed by atoms with Crippen molar-refractivity contribution < 1.29 is 9.59 Å². The van der Waals surface area contributed by atoms with Crippen LogP contribution in [0.1, 0.15) is 56.6 Å². The predicted octanol–water partition coefficient (Wildman–Crippen LogP) is 4.17. The van der Waals surface area contributed by atoms with Crippen LogP contribution in [0.15, 0.2) is 54.6 Å². The second-order valence-corrected chi connectivity index (χ2v) is 9.78. The van der Waals surface area contributed by atoms with Crippen LogP contribution in [0.5, 0.6) is 0 Å². The van der Waals surface area contributed by atoms with E-state index in [0.717, 1.165) is 46.6 Å². The van der Waals surface area contributed by atoms with Gasteiger partial charge >= 0.3 is 0 Å². The van der Waals surface area contributed by atoms with E-state index in [1.165, 1.54) is 0 Å². The van der Waals surface area contributed by atoms with Crippen LogP contribution in [-0.4, -0.2) is 51.0 Å². The molecule has 0 spiro atoms. The number of rotatable bonds is 5. The smallest absolute Gasteiger partial charge is 0.273 e. The molecule has 1 saturated carbocycles. The van der Waals surface area contributed by atoms with Gasteiger partial charge in [0.15, 0.2) is 0 Å². The van der Waals surface area contributed by atoms with Crippen LogP contribution < -0.4 is 0 Å². The molecule has 3 aliphatic rings. The first-order valence-corrected chi connectivity index (χ1v) is 11.8. The lowest BCUT2D eigenvalue weighted by atomic mass is 9.96. The summed E-state index contributed by atoms with van der Waals surface area (Å²) in [5.41, 5.74) is 5.59. The van der Waals surface area contributed by atoms with Crippen LogP contribution in [0.25, 0.3) is 5.69 Å². The number of fused-ring (bicyclic) bond motifs is 1. The molecule has 6 rings (SSSR count). The van der Waals surface area contributed by atoms with Gasteiger partial charge in [-0.1, -0.05) is 35.9 Å². The Morgan fingerprint density at radius 1 is 1.00 bits per heavy atom. The molecule has 3 aromatic rings. The molecule has 2 amide bonds. The van der Waals surface area contributed by atoms with Gasteiger partial charge in [0.1, 0.15) is 5.69 Å². The molecule has 1 saturated heterocycles. The zero-order chi connectivity index (χ0) is 22.7. The van der Waals surface area contributed by atoms with Gasteiger partial charge in [0, 0.05) is 36.7 Å². The Morgan fingerprint density at radius 3 is 2.36 bits per heavy atom. The van der Waals surface area contributed by atoms with E-state index in [4.69, 9.17) is 5.10 Å². The fraction of sp³-hybridized carbons (Fsp3) is 0.370. The van der Waals surface area contributed by atoms with Crippen molar-refractivity contribution in [1.82, 2.24) is 19.6 Å². The molecule has 0 radical (unpaired) electrons. The summed E-state index contributed by atoms with van der Waals surface area (Å²) in [5.74, 6) is 0.992. The largest absolute Gasteiger partial charge is 0.338 e. The molecule has 2 aromatic carbocycles. The lowest BCUT2D eigenvalue weighted by Crippen LogP contribution is -2.54. The third-order valence-corrected chi connectivity index (χ3v) is 7.27. The first-order chi connectivity index (χ1) is 16.0. The van der Waals surface area contributed by atoms with Crippen molar-refractivity contribution >= 4 is 11.8 Å². The minimum absolute atomic E-state index is 0.0784. The molecule has 2 aliphatic heterocycles. The zero-order valence-electron chi connectivity index (χ0n) is 19.1. The van der Waals surface area contributed by atoms with Gasteiger partial charge in [0.2, 0.25) is 0 Å². The highest BCUT2D eigenvalue weighted by atomic mass is 16.2. The number of aryl methyl sites for hydroxylation is 2. The number of likely N-dealkylation sites (tertiary alicyclic amines) is 1. The normalized spacial score (nSPS) is 20.2. The first-order valence-electron chi connectivity index (χ1n) is 11.8. The van der Waals surface area contributed by atoms with Gasteiger partial charge < -0.3 is 9.80 Å². The Bertz CT molecular complexity index is 1220. The van der Waals surface area contributed by atoms with Crippen molar-refractivity contribution in [3.63, 3.8) is 0 Å². The molecule has 1 aromatic heterocycles. The van der Waals surface area contributed by atoms with Crippen molar-refractivity contribution in [2.45, 2.75) is 32.7 Å². The average molecular weight is 441 g/mol. The fourth-order valence-electron chi connectivity index (χ4n) is 5.38. The number of benzene rings is 2. The third-order valence-electron chi connectivity index (χ3n) is 7.27. The molecule has 2 fully saturated rings. The monoisotopic (exact) mass is 440 g/mol. The van der Waals surface area contributed by atoms with Crippen LogP contribution in [0.3, 0.4) is 0 Å². The van der Waals surface area contributed by atoms with Crippen LogP contribution in [0.2, 0.25) is 0 Å². The number of hydrogen-bond acceptors (Lipinski definition) is 3. The molecule has 1 unspecified atom stereocenters. The minimum Gasteiger partial charge on any atom is -0.338 e. The van der Waals surface area contributed by atoms with Crippen molar-refractivity contribution in [2.24, 2.45) is 11.8 Å². The minimum atomic E-state index is 0.0784. The highest BCUT2D eigenvalue weighted by molar-refractivity contribution is 5.99. The van der Waals surface area contributed by atoms with E-state index in [0.29, 0.717) is 31.5 Å². The average Bonchev–Trinajstić information content (AvgIpc) is 3.52. The second kappa shape index (κ2) is 7.58. The van der Waals surface area contributed by atoms with Crippen molar-refractivity contribution in [3.8, 4) is 5.69 Å². The predicted molar refractivity (Wildman–Crippen MR) is 125 cm³/mol. The van der Waals surface area contributed by atoms with Crippen molar-refractivity contribution in [3.05, 3.63) is 82.7 Å². The van der Waals surface area contributed by atoms with Gasteiger partial charge in [-0.3, -0.25) is 9.59 Å². The van der Waals surface area contributed by atoms with Gasteiger partial charge in [0.25, 0.3) is 11.8 Å². The standard InChI is InChI=1S/C27H28N4O2/c1-17-8-10-21(11-9-17)26(32)29-14-19(15-29)16-30-24(20-12-13-20)23-18(2)28-31(25(23)27(30)33)22-6-4-3-5-7-22/h3-11,19-20,24H,12-16H2,1-2H3. The molecule has 0 bridgehead atoms. The van der Waals surface area contributed by atoms with E-state index in [9.17, 15) is 9.59 Å². The van der Waals surface area contributed by atoms with Crippen LogP contribution in [0.4, 0.5) is 0 Å². The van der Waals surface area contributed by atoms with Crippen molar-refractivity contribution in [2.75, 3.05) is 19.6 Å². The molecule has 1 atom stereocenters. The fourth-order valence-corrected chi connectivity index (χ4v) is 5.38. The highest BCUT2D eigenvalue weighted by Gasteiger charge is 2.50. The van der Waals surface area contributed by atoms with Gasteiger partial charge in [-0.25, -0.2) is 4.68 Å². The van der Waals surface area contributed by atoms with Gasteiger partial charge in [-0.2, -0.15) is 5.10 Å². The SMILES string of the molecule is Cc1ccc(C(=O)N2CC(CN3C(=O)c4c(c(C)nn4-c4ccccc4)C3C3CC3)C2)cc1. The maximum Gasteiger partial charge on any atom is 0.273 e. The van der Waals surface area contributed by atoms with E-state index < -0.39 is 0 Å². The summed E-state index contributed by atoms with van der Waals surface area (Å²) in [6.45, 7) is 6.15. The Labute approximate surface area is 193 Å². The van der Waals surface area contributed by atoms with E-state index in [2.05, 4.69) is 4.90 Å². The van der Waals surface area contributed by atoms with Crippen molar-refractivity contribution in [1.29, 1.82) is 0 Å². The third kappa shape index (κ3) is 3.36. The van der Waals surface area contributed by atoms with Crippen LogP contribution in [-0.2, 0) is 0 Å². The summed E-state index contributed by atoms with van der Waals surface area (Å²) in [4.78, 5) is 30.4. The second-order valence-electron chi connectivity index (χ2n) is 9.78. The van der Waals surface area contributed by atoms with E-state index in [1.54, 1.807) is 0 Å². The lowest BCUT2D eigenvalue weighted by Gasteiger charge is -2.42. The maximum absolute atomic E-state index is 13.7. The summed E-state index contributed by atoms with van der Waals surface area (Å²) in [6.07, 6.45) is 2.32. The summed E-state index contributed by atoms with van der Waals surface area (Å²) >= 11 is 0. The van der Waals surface area contributed by atoms with E-state index >= 15 is 0 Å². The molecule has 6 nitrogen and oxygen atoms in total. The number of aromatic nitrogens is 2. The van der Waals surface area contributed by atoms with Gasteiger partial charge in [-0.05, 0) is 56.9 Å². The number of carbonyl (C=O) groups is 2. The highest BCUT2D eigenvalue weighted by Crippen LogP contribution is 2.51. The van der Waals surface area contributed by atoms with Gasteiger partial charge in [-0.15, -0.1) is 0 Å². The van der Waals surface area contributed by atoms with Crippen LogP contribution in [0, 0.1) is 25.7 Å². The summed E-state index contributed by atoms with van der Waals surface area (Å²) in [7, 11) is 0. The summed E-state index contributed by atoms with van der Waals surface area (Å²) < 4.78 is 1.83. The number of carbonyl (C=O) groups excluding carboxylic acids is 2. The molecular formula is C27H28N4O2. The number of nitrogens with zero attached hydrogens (tertiary/aromatic N) is 4. The Hall–Kier alpha value is -3.41. The summed E-state index contributed by atoms with van der Waals surface area (Å²) in [5, 5.41) is 4.75. The maximum atomic E-state index is 13.7. The first kappa shape index (κ1) is 20.2. The van der Waals surface area contributed by atoms with Crippen LogP contribution >= 0.6 is 0 Å². The number of amides is 2. The molecule has 168 valence electrons. The van der Waals surface area contributed by atoms with E-state index in [-0.39, 0.29) is 17.9 Å². The summed E-state index contributed by atoms with van der Waals surface area (Å²) in [6, 6.07) is 17.8. The topological polar surface area (TPSA) is 58.4 Å². The molecular weight excluding hydrogens is 412 g/mol. The number of hydrogen-bond donors (Lipinski definition) is 0. The molecule has 0 N–H and O–H groups in total. The van der Waals surface area contributed by atoms with E-state index in [1.807, 2.05) is 78.0 Å². The zero-order valence-corrected chi connectivity index (χ0v) is 19.1. The number of para-hydroxylation sites is 1.